The molecule has 0 fully saturated rings. The number of nitrogens with zero attached hydrogens (tertiary/aromatic N) is 4. The van der Waals surface area contributed by atoms with Gasteiger partial charge in [-0.15, -0.1) is 0 Å². The molecule has 7 heteroatoms. The van der Waals surface area contributed by atoms with Gasteiger partial charge < -0.3 is 10.1 Å². The number of anilines is 2. The van der Waals surface area contributed by atoms with Crippen molar-refractivity contribution >= 4 is 23.1 Å². The van der Waals surface area contributed by atoms with E-state index in [2.05, 4.69) is 20.3 Å². The van der Waals surface area contributed by atoms with Crippen LogP contribution in [0.4, 0.5) is 11.5 Å². The zero-order valence-corrected chi connectivity index (χ0v) is 11.9. The molecular weight excluding hydrogens is 290 g/mol. The van der Waals surface area contributed by atoms with E-state index in [9.17, 15) is 0 Å². The minimum Gasteiger partial charge on any atom is -0.497 e. The third kappa shape index (κ3) is 3.11. The maximum absolute atomic E-state index is 6.04. The Morgan fingerprint density at radius 3 is 2.90 bits per heavy atom. The van der Waals surface area contributed by atoms with Crippen LogP contribution in [0.15, 0.2) is 49.1 Å². The van der Waals surface area contributed by atoms with Crippen LogP contribution >= 0.6 is 11.6 Å². The summed E-state index contributed by atoms with van der Waals surface area (Å²) in [6.45, 7) is 0. The summed E-state index contributed by atoms with van der Waals surface area (Å²) in [5.41, 5.74) is 0.848. The molecule has 0 saturated heterocycles. The second kappa shape index (κ2) is 5.80. The van der Waals surface area contributed by atoms with Crippen molar-refractivity contribution in [3.05, 3.63) is 54.2 Å². The largest absolute Gasteiger partial charge is 0.497 e. The summed E-state index contributed by atoms with van der Waals surface area (Å²) in [5, 5.41) is 3.52. The van der Waals surface area contributed by atoms with E-state index in [1.807, 2.05) is 24.3 Å². The lowest BCUT2D eigenvalue weighted by atomic mass is 10.3. The smallest absolute Gasteiger partial charge is 0.238 e. The summed E-state index contributed by atoms with van der Waals surface area (Å²) in [5.74, 6) is 1.80. The average molecular weight is 302 g/mol. The number of hydrogen-bond acceptors (Lipinski definition) is 5. The van der Waals surface area contributed by atoms with Gasteiger partial charge in [0.25, 0.3) is 0 Å². The van der Waals surface area contributed by atoms with E-state index >= 15 is 0 Å². The monoisotopic (exact) mass is 301 g/mol. The van der Waals surface area contributed by atoms with Crippen LogP contribution in [0, 0.1) is 0 Å². The quantitative estimate of drug-likeness (QED) is 0.750. The molecular formula is C14H12ClN5O. The van der Waals surface area contributed by atoms with E-state index in [1.54, 1.807) is 36.5 Å². The molecule has 3 aromatic rings. The number of rotatable bonds is 4. The molecule has 0 aliphatic carbocycles. The first kappa shape index (κ1) is 13.4. The Labute approximate surface area is 126 Å². The van der Waals surface area contributed by atoms with E-state index in [1.165, 1.54) is 0 Å². The Hall–Kier alpha value is -2.60. The maximum Gasteiger partial charge on any atom is 0.238 e. The fourth-order valence-corrected chi connectivity index (χ4v) is 1.99. The highest BCUT2D eigenvalue weighted by atomic mass is 35.5. The second-order valence-corrected chi connectivity index (χ2v) is 4.59. The Balaban J connectivity index is 1.91. The van der Waals surface area contributed by atoms with Crippen molar-refractivity contribution in [3.63, 3.8) is 0 Å². The van der Waals surface area contributed by atoms with Gasteiger partial charge in [-0.25, -0.2) is 9.97 Å². The first-order valence-electron chi connectivity index (χ1n) is 6.18. The number of methoxy groups -OCH3 is 1. The van der Waals surface area contributed by atoms with Gasteiger partial charge in [-0.3, -0.25) is 4.57 Å². The summed E-state index contributed by atoms with van der Waals surface area (Å²) in [4.78, 5) is 12.5. The van der Waals surface area contributed by atoms with Crippen molar-refractivity contribution < 1.29 is 4.74 Å². The molecule has 1 N–H and O–H groups in total. The van der Waals surface area contributed by atoms with Crippen LogP contribution in [0.5, 0.6) is 5.75 Å². The van der Waals surface area contributed by atoms with Gasteiger partial charge in [-0.1, -0.05) is 17.7 Å². The lowest BCUT2D eigenvalue weighted by molar-refractivity contribution is 0.415. The van der Waals surface area contributed by atoms with Gasteiger partial charge in [0, 0.05) is 30.2 Å². The number of ether oxygens (including phenoxy) is 1. The molecule has 21 heavy (non-hydrogen) atoms. The number of halogens is 1. The van der Waals surface area contributed by atoms with E-state index in [4.69, 9.17) is 16.3 Å². The normalized spacial score (nSPS) is 10.4. The SMILES string of the molecule is COc1cccc(Nc2cc(Cl)nc(-n3ccnc3)n2)c1. The van der Waals surface area contributed by atoms with Crippen molar-refractivity contribution in [2.45, 2.75) is 0 Å². The van der Waals surface area contributed by atoms with Gasteiger partial charge in [-0.05, 0) is 12.1 Å². The Bertz CT molecular complexity index is 745. The summed E-state index contributed by atoms with van der Waals surface area (Å²) >= 11 is 6.04. The van der Waals surface area contributed by atoms with Crippen LogP contribution in [-0.2, 0) is 0 Å². The van der Waals surface area contributed by atoms with Gasteiger partial charge >= 0.3 is 0 Å². The molecule has 0 amide bonds. The molecule has 0 aliphatic rings. The Kier molecular flexibility index (Phi) is 3.70. The highest BCUT2D eigenvalue weighted by Gasteiger charge is 2.06. The number of nitrogens with one attached hydrogen (secondary N) is 1. The zero-order chi connectivity index (χ0) is 14.7. The van der Waals surface area contributed by atoms with Gasteiger partial charge in [0.1, 0.15) is 23.0 Å². The van der Waals surface area contributed by atoms with Crippen molar-refractivity contribution in [2.75, 3.05) is 12.4 Å². The molecule has 0 spiro atoms. The average Bonchev–Trinajstić information content (AvgIpc) is 3.01. The molecule has 0 radical (unpaired) electrons. The molecule has 0 atom stereocenters. The van der Waals surface area contributed by atoms with Crippen molar-refractivity contribution in [1.29, 1.82) is 0 Å². The maximum atomic E-state index is 6.04. The van der Waals surface area contributed by atoms with E-state index in [0.717, 1.165) is 11.4 Å². The predicted molar refractivity (Wildman–Crippen MR) is 80.4 cm³/mol. The van der Waals surface area contributed by atoms with Crippen LogP contribution < -0.4 is 10.1 Å². The summed E-state index contributed by atoms with van der Waals surface area (Å²) < 4.78 is 6.87. The molecule has 0 aliphatic heterocycles. The molecule has 1 aromatic carbocycles. The van der Waals surface area contributed by atoms with Gasteiger partial charge in [0.15, 0.2) is 0 Å². The number of hydrogen-bond donors (Lipinski definition) is 1. The molecule has 3 rings (SSSR count). The first-order chi connectivity index (χ1) is 10.2. The minimum atomic E-state index is 0.346. The van der Waals surface area contributed by atoms with Crippen molar-refractivity contribution in [3.8, 4) is 11.7 Å². The fraction of sp³-hybridized carbons (Fsp3) is 0.0714. The number of benzene rings is 1. The van der Waals surface area contributed by atoms with Gasteiger partial charge in [-0.2, -0.15) is 4.98 Å². The molecule has 106 valence electrons. The molecule has 2 heterocycles. The lowest BCUT2D eigenvalue weighted by Gasteiger charge is -2.09. The van der Waals surface area contributed by atoms with E-state index in [-0.39, 0.29) is 0 Å². The summed E-state index contributed by atoms with van der Waals surface area (Å²) in [7, 11) is 1.62. The number of imidazole rings is 1. The van der Waals surface area contributed by atoms with Crippen LogP contribution in [0.1, 0.15) is 0 Å². The van der Waals surface area contributed by atoms with Crippen molar-refractivity contribution in [2.24, 2.45) is 0 Å². The van der Waals surface area contributed by atoms with E-state index < -0.39 is 0 Å². The van der Waals surface area contributed by atoms with E-state index in [0.29, 0.717) is 16.9 Å². The van der Waals surface area contributed by atoms with Crippen LogP contribution in [-0.4, -0.2) is 26.6 Å². The second-order valence-electron chi connectivity index (χ2n) is 4.20. The van der Waals surface area contributed by atoms with Gasteiger partial charge in [0.2, 0.25) is 5.95 Å². The molecule has 0 saturated carbocycles. The first-order valence-corrected chi connectivity index (χ1v) is 6.56. The topological polar surface area (TPSA) is 64.9 Å². The highest BCUT2D eigenvalue weighted by molar-refractivity contribution is 6.29. The van der Waals surface area contributed by atoms with Gasteiger partial charge in [0.05, 0.1) is 7.11 Å². The standard InChI is InChI=1S/C14H12ClN5O/c1-21-11-4-2-3-10(7-11)17-13-8-12(15)18-14(19-13)20-6-5-16-9-20/h2-9H,1H3,(H,17,18,19). The molecule has 0 bridgehead atoms. The number of aromatic nitrogens is 4. The summed E-state index contributed by atoms with van der Waals surface area (Å²) in [6.07, 6.45) is 5.02. The third-order valence-corrected chi connectivity index (χ3v) is 2.95. The lowest BCUT2D eigenvalue weighted by Crippen LogP contribution is -2.02. The minimum absolute atomic E-state index is 0.346. The molecule has 6 nitrogen and oxygen atoms in total. The fourth-order valence-electron chi connectivity index (χ4n) is 1.81. The predicted octanol–water partition coefficient (Wildman–Crippen LogP) is 3.07. The zero-order valence-electron chi connectivity index (χ0n) is 11.2. The molecule has 2 aromatic heterocycles. The van der Waals surface area contributed by atoms with Crippen LogP contribution in [0.25, 0.3) is 5.95 Å². The molecule has 0 unspecified atom stereocenters. The third-order valence-electron chi connectivity index (χ3n) is 2.76. The van der Waals surface area contributed by atoms with Crippen LogP contribution in [0.2, 0.25) is 5.15 Å². The van der Waals surface area contributed by atoms with Crippen LogP contribution in [0.3, 0.4) is 0 Å². The Morgan fingerprint density at radius 2 is 2.14 bits per heavy atom. The highest BCUT2D eigenvalue weighted by Crippen LogP contribution is 2.22. The summed E-state index contributed by atoms with van der Waals surface area (Å²) in [6, 6.07) is 9.19. The van der Waals surface area contributed by atoms with Crippen molar-refractivity contribution in [1.82, 2.24) is 19.5 Å². The Morgan fingerprint density at radius 1 is 1.24 bits per heavy atom.